The summed E-state index contributed by atoms with van der Waals surface area (Å²) >= 11 is 0. The number of carbonyl (C=O) groups is 1. The van der Waals surface area contributed by atoms with Gasteiger partial charge >= 0.3 is 0 Å². The second-order valence-electron chi connectivity index (χ2n) is 6.35. The maximum Gasteiger partial charge on any atom is 0.231 e. The van der Waals surface area contributed by atoms with Gasteiger partial charge in [-0.3, -0.25) is 10.2 Å². The van der Waals surface area contributed by atoms with Gasteiger partial charge in [0.2, 0.25) is 19.1 Å². The number of rotatable bonds is 6. The number of aryl methyl sites for hydroxylation is 1. The molecule has 0 radical (unpaired) electrons. The van der Waals surface area contributed by atoms with Gasteiger partial charge in [-0.05, 0) is 42.8 Å². The molecule has 1 aliphatic heterocycles. The normalized spacial score (nSPS) is 11.2. The van der Waals surface area contributed by atoms with E-state index in [2.05, 4.69) is 29.1 Å². The van der Waals surface area contributed by atoms with Gasteiger partial charge in [0.05, 0.1) is 5.69 Å². The summed E-state index contributed by atoms with van der Waals surface area (Å²) in [5.41, 5.74) is 6.93. The van der Waals surface area contributed by atoms with Crippen LogP contribution in [-0.2, 0) is 11.4 Å². The number of hydrogen-bond donors (Lipinski definition) is 3. The van der Waals surface area contributed by atoms with E-state index < -0.39 is 0 Å². The number of pyridine rings is 1. The monoisotopic (exact) mass is 408 g/mol. The molecule has 1 amide bonds. The molecule has 0 unspecified atom stereocenters. The van der Waals surface area contributed by atoms with Gasteiger partial charge in [-0.1, -0.05) is 18.2 Å². The average molecular weight is 408 g/mol. The van der Waals surface area contributed by atoms with Crippen LogP contribution in [0.2, 0.25) is 0 Å². The Morgan fingerprint density at radius 3 is 2.67 bits per heavy atom. The molecule has 2 aromatic carbocycles. The Balaban J connectivity index is 0.000000589. The zero-order valence-corrected chi connectivity index (χ0v) is 16.8. The van der Waals surface area contributed by atoms with E-state index in [0.717, 1.165) is 34.0 Å². The first-order valence-corrected chi connectivity index (χ1v) is 9.32. The van der Waals surface area contributed by atoms with Crippen LogP contribution in [-0.4, -0.2) is 25.2 Å². The number of amides is 1. The molecule has 0 saturated heterocycles. The highest BCUT2D eigenvalue weighted by Crippen LogP contribution is 2.35. The Kier molecular flexibility index (Phi) is 7.07. The number of nitrogens with one attached hydrogen (secondary N) is 2. The van der Waals surface area contributed by atoms with Crippen LogP contribution in [0.1, 0.15) is 11.1 Å². The van der Waals surface area contributed by atoms with Crippen molar-refractivity contribution in [1.29, 1.82) is 0 Å². The van der Waals surface area contributed by atoms with E-state index in [0.29, 0.717) is 18.9 Å². The lowest BCUT2D eigenvalue weighted by Gasteiger charge is -2.13. The number of hydrogen-bond acceptors (Lipinski definition) is 7. The van der Waals surface area contributed by atoms with Crippen molar-refractivity contribution in [2.75, 3.05) is 19.2 Å². The number of hydrazine groups is 1. The number of fused-ring (bicyclic) bond motifs is 1. The molecule has 0 atom stereocenters. The number of ether oxygens (including phenoxy) is 3. The van der Waals surface area contributed by atoms with Gasteiger partial charge in [0.25, 0.3) is 0 Å². The van der Waals surface area contributed by atoms with Crippen molar-refractivity contribution in [3.8, 4) is 28.6 Å². The largest absolute Gasteiger partial charge is 0.473 e. The summed E-state index contributed by atoms with van der Waals surface area (Å²) in [6, 6.07) is 17.7. The number of carbonyl (C=O) groups excluding carboxylic acids is 1. The molecule has 0 fully saturated rings. The first-order chi connectivity index (χ1) is 14.7. The van der Waals surface area contributed by atoms with Crippen LogP contribution in [0.5, 0.6) is 17.4 Å². The van der Waals surface area contributed by atoms with E-state index in [9.17, 15) is 0 Å². The molecular weight excluding hydrogens is 384 g/mol. The van der Waals surface area contributed by atoms with Crippen molar-refractivity contribution in [2.45, 2.75) is 13.5 Å². The SMILES string of the molecule is CNc1cccc(C)c1COc1cccc(-c2ccc3c(c2)OCO3)n1.NNC=O. The molecule has 4 rings (SSSR count). The van der Waals surface area contributed by atoms with Crippen molar-refractivity contribution in [1.82, 2.24) is 10.4 Å². The molecule has 0 aliphatic carbocycles. The van der Waals surface area contributed by atoms with Gasteiger partial charge in [0.15, 0.2) is 11.5 Å². The molecule has 1 aromatic heterocycles. The zero-order valence-electron chi connectivity index (χ0n) is 16.8. The molecule has 0 spiro atoms. The quantitative estimate of drug-likeness (QED) is 0.249. The highest BCUT2D eigenvalue weighted by Gasteiger charge is 2.14. The summed E-state index contributed by atoms with van der Waals surface area (Å²) in [6.45, 7) is 2.80. The smallest absolute Gasteiger partial charge is 0.231 e. The summed E-state index contributed by atoms with van der Waals surface area (Å²) in [6.07, 6.45) is 0.403. The number of aromatic nitrogens is 1. The summed E-state index contributed by atoms with van der Waals surface area (Å²) in [5, 5.41) is 3.21. The Morgan fingerprint density at radius 2 is 1.90 bits per heavy atom. The Labute approximate surface area is 175 Å². The van der Waals surface area contributed by atoms with Crippen LogP contribution >= 0.6 is 0 Å². The molecule has 1 aliphatic rings. The summed E-state index contributed by atoms with van der Waals surface area (Å²) < 4.78 is 16.8. The van der Waals surface area contributed by atoms with E-state index in [1.165, 1.54) is 5.56 Å². The van der Waals surface area contributed by atoms with Crippen LogP contribution in [0.3, 0.4) is 0 Å². The first kappa shape index (κ1) is 20.9. The van der Waals surface area contributed by atoms with E-state index in [4.69, 9.17) is 19.0 Å². The van der Waals surface area contributed by atoms with Crippen LogP contribution in [0.15, 0.2) is 54.6 Å². The summed E-state index contributed by atoms with van der Waals surface area (Å²) in [5.74, 6) is 6.51. The summed E-state index contributed by atoms with van der Waals surface area (Å²) in [7, 11) is 1.91. The minimum atomic E-state index is 0.263. The van der Waals surface area contributed by atoms with E-state index >= 15 is 0 Å². The van der Waals surface area contributed by atoms with Crippen LogP contribution < -0.4 is 30.8 Å². The lowest BCUT2D eigenvalue weighted by atomic mass is 10.1. The Hall–Kier alpha value is -3.78. The number of anilines is 1. The predicted molar refractivity (Wildman–Crippen MR) is 114 cm³/mol. The van der Waals surface area contributed by atoms with Crippen molar-refractivity contribution in [3.05, 3.63) is 65.7 Å². The fourth-order valence-electron chi connectivity index (χ4n) is 2.99. The van der Waals surface area contributed by atoms with E-state index in [-0.39, 0.29) is 6.79 Å². The topological polar surface area (TPSA) is 108 Å². The van der Waals surface area contributed by atoms with E-state index in [1.54, 1.807) is 5.43 Å². The molecule has 2 heterocycles. The van der Waals surface area contributed by atoms with Gasteiger partial charge in [-0.2, -0.15) is 0 Å². The van der Waals surface area contributed by atoms with Crippen molar-refractivity contribution in [3.63, 3.8) is 0 Å². The predicted octanol–water partition coefficient (Wildman–Crippen LogP) is 3.01. The Morgan fingerprint density at radius 1 is 1.13 bits per heavy atom. The number of nitrogens with two attached hydrogens (primary N) is 1. The van der Waals surface area contributed by atoms with Crippen LogP contribution in [0.4, 0.5) is 5.69 Å². The fourth-order valence-corrected chi connectivity index (χ4v) is 2.99. The zero-order chi connectivity index (χ0) is 21.3. The minimum absolute atomic E-state index is 0.263. The van der Waals surface area contributed by atoms with Crippen LogP contribution in [0, 0.1) is 6.92 Å². The lowest BCUT2D eigenvalue weighted by Crippen LogP contribution is -2.18. The van der Waals surface area contributed by atoms with Gasteiger partial charge in [0, 0.05) is 29.9 Å². The standard InChI is InChI=1S/C21H20N2O3.CH4N2O/c1-14-5-3-7-18(22-2)16(14)12-24-21-8-4-6-17(23-21)15-9-10-19-20(11-15)26-13-25-19;2-3-1-4/h3-11,22H,12-13H2,1-2H3;1H,2H2,(H,3,4). The van der Waals surface area contributed by atoms with Crippen LogP contribution in [0.25, 0.3) is 11.3 Å². The second kappa shape index (κ2) is 10.1. The number of nitrogens with zero attached hydrogens (tertiary/aromatic N) is 1. The highest BCUT2D eigenvalue weighted by molar-refractivity contribution is 5.64. The molecule has 0 bridgehead atoms. The molecule has 30 heavy (non-hydrogen) atoms. The molecular formula is C22H24N4O4. The van der Waals surface area contributed by atoms with Crippen molar-refractivity contribution >= 4 is 12.1 Å². The van der Waals surface area contributed by atoms with Gasteiger partial charge in [-0.15, -0.1) is 0 Å². The average Bonchev–Trinajstić information content (AvgIpc) is 3.26. The van der Waals surface area contributed by atoms with Crippen molar-refractivity contribution in [2.24, 2.45) is 5.84 Å². The first-order valence-electron chi connectivity index (χ1n) is 9.32. The highest BCUT2D eigenvalue weighted by atomic mass is 16.7. The third kappa shape index (κ3) is 4.98. The second-order valence-corrected chi connectivity index (χ2v) is 6.35. The Bertz CT molecular complexity index is 1010. The molecule has 8 nitrogen and oxygen atoms in total. The third-order valence-electron chi connectivity index (χ3n) is 4.50. The molecule has 156 valence electrons. The maximum atomic E-state index is 8.94. The van der Waals surface area contributed by atoms with E-state index in [1.807, 2.05) is 55.6 Å². The van der Waals surface area contributed by atoms with Gasteiger partial charge in [0.1, 0.15) is 6.61 Å². The number of benzene rings is 2. The molecule has 0 saturated carbocycles. The molecule has 3 aromatic rings. The van der Waals surface area contributed by atoms with Gasteiger partial charge in [-0.25, -0.2) is 10.8 Å². The summed E-state index contributed by atoms with van der Waals surface area (Å²) in [4.78, 5) is 13.6. The molecule has 8 heteroatoms. The lowest BCUT2D eigenvalue weighted by molar-refractivity contribution is -0.109. The molecule has 4 N–H and O–H groups in total. The third-order valence-corrected chi connectivity index (χ3v) is 4.50. The minimum Gasteiger partial charge on any atom is -0.473 e. The maximum absolute atomic E-state index is 8.94. The fraction of sp³-hybridized carbons (Fsp3) is 0.182. The van der Waals surface area contributed by atoms with Crippen molar-refractivity contribution < 1.29 is 19.0 Å². The van der Waals surface area contributed by atoms with Gasteiger partial charge < -0.3 is 19.5 Å².